The van der Waals surface area contributed by atoms with Crippen LogP contribution in [0.2, 0.25) is 0 Å². The molecule has 25 heavy (non-hydrogen) atoms. The van der Waals surface area contributed by atoms with E-state index in [1.807, 2.05) is 31.2 Å². The highest BCUT2D eigenvalue weighted by molar-refractivity contribution is 5.97. The van der Waals surface area contributed by atoms with E-state index in [9.17, 15) is 4.79 Å². The van der Waals surface area contributed by atoms with Gasteiger partial charge in [-0.05, 0) is 50.0 Å². The third kappa shape index (κ3) is 4.15. The molecule has 0 aromatic heterocycles. The summed E-state index contributed by atoms with van der Waals surface area (Å²) in [4.78, 5) is 15.0. The van der Waals surface area contributed by atoms with Gasteiger partial charge in [0, 0.05) is 30.7 Å². The van der Waals surface area contributed by atoms with E-state index in [4.69, 9.17) is 9.47 Å². The van der Waals surface area contributed by atoms with E-state index < -0.39 is 0 Å². The zero-order valence-electron chi connectivity index (χ0n) is 15.4. The fourth-order valence-electron chi connectivity index (χ4n) is 3.66. The summed E-state index contributed by atoms with van der Waals surface area (Å²) in [5.41, 5.74) is 1.65. The average molecular weight is 344 g/mol. The Kier molecular flexibility index (Phi) is 5.63. The molecule has 2 aliphatic heterocycles. The number of likely N-dealkylation sites (tertiary alicyclic amines) is 1. The molecule has 0 bridgehead atoms. The second-order valence-corrected chi connectivity index (χ2v) is 6.86. The van der Waals surface area contributed by atoms with Crippen molar-refractivity contribution in [3.8, 4) is 11.5 Å². The Morgan fingerprint density at radius 3 is 2.84 bits per heavy atom. The fourth-order valence-corrected chi connectivity index (χ4v) is 3.66. The Morgan fingerprint density at radius 2 is 2.08 bits per heavy atom. The van der Waals surface area contributed by atoms with Crippen molar-refractivity contribution in [3.05, 3.63) is 29.3 Å². The predicted molar refractivity (Wildman–Crippen MR) is 98.7 cm³/mol. The van der Waals surface area contributed by atoms with Crippen molar-refractivity contribution in [3.63, 3.8) is 0 Å². The van der Waals surface area contributed by atoms with Crippen LogP contribution >= 0.6 is 0 Å². The van der Waals surface area contributed by atoms with Gasteiger partial charge in [0.05, 0.1) is 0 Å². The van der Waals surface area contributed by atoms with Crippen LogP contribution in [-0.2, 0) is 4.79 Å². The van der Waals surface area contributed by atoms with Crippen LogP contribution < -0.4 is 14.8 Å². The number of nitrogens with zero attached hydrogens (tertiary/aromatic N) is 1. The molecule has 0 saturated carbocycles. The minimum absolute atomic E-state index is 0.00839. The number of rotatable bonds is 6. The number of carbonyl (C=O) groups excluding carboxylic acids is 1. The summed E-state index contributed by atoms with van der Waals surface area (Å²) in [7, 11) is 0. The standard InChI is InChI=1S/C20H28N2O3/c1-4-17(5-2)22-9-8-16(12-22)21-20(23)14(3)10-15-6-7-18-19(11-15)25-13-24-18/h6-7,10-11,16-17H,4-5,8-9,12-13H2,1-3H3,(H,21,23). The van der Waals surface area contributed by atoms with Crippen molar-refractivity contribution < 1.29 is 14.3 Å². The minimum atomic E-state index is 0.00839. The molecule has 1 aromatic rings. The van der Waals surface area contributed by atoms with Gasteiger partial charge in [-0.1, -0.05) is 19.9 Å². The molecule has 5 nitrogen and oxygen atoms in total. The number of ether oxygens (including phenoxy) is 2. The van der Waals surface area contributed by atoms with E-state index in [1.165, 1.54) is 12.8 Å². The molecule has 1 fully saturated rings. The summed E-state index contributed by atoms with van der Waals surface area (Å²) in [6.45, 7) is 8.61. The van der Waals surface area contributed by atoms with Gasteiger partial charge in [-0.3, -0.25) is 9.69 Å². The van der Waals surface area contributed by atoms with Gasteiger partial charge in [0.1, 0.15) is 0 Å². The summed E-state index contributed by atoms with van der Waals surface area (Å²) in [6.07, 6.45) is 5.25. The SMILES string of the molecule is CCC(CC)N1CCC(NC(=O)C(C)=Cc2ccc3c(c2)OCO3)C1. The molecule has 2 heterocycles. The second-order valence-electron chi connectivity index (χ2n) is 6.86. The van der Waals surface area contributed by atoms with Crippen LogP contribution in [0.4, 0.5) is 0 Å². The highest BCUT2D eigenvalue weighted by Gasteiger charge is 2.27. The smallest absolute Gasteiger partial charge is 0.247 e. The van der Waals surface area contributed by atoms with Crippen LogP contribution in [0.1, 0.15) is 45.6 Å². The second kappa shape index (κ2) is 7.91. The van der Waals surface area contributed by atoms with Crippen molar-refractivity contribution in [1.82, 2.24) is 10.2 Å². The quantitative estimate of drug-likeness (QED) is 0.805. The lowest BCUT2D eigenvalue weighted by molar-refractivity contribution is -0.118. The molecule has 2 aliphatic rings. The number of benzene rings is 1. The van der Waals surface area contributed by atoms with Crippen LogP contribution in [0, 0.1) is 0 Å². The molecule has 5 heteroatoms. The molecule has 1 N–H and O–H groups in total. The van der Waals surface area contributed by atoms with Gasteiger partial charge in [-0.25, -0.2) is 0 Å². The van der Waals surface area contributed by atoms with E-state index in [1.54, 1.807) is 0 Å². The maximum absolute atomic E-state index is 12.5. The maximum Gasteiger partial charge on any atom is 0.247 e. The average Bonchev–Trinajstić information content (AvgIpc) is 3.25. The van der Waals surface area contributed by atoms with Gasteiger partial charge in [0.25, 0.3) is 0 Å². The predicted octanol–water partition coefficient (Wildman–Crippen LogP) is 3.20. The van der Waals surface area contributed by atoms with E-state index in [2.05, 4.69) is 24.1 Å². The van der Waals surface area contributed by atoms with Crippen molar-refractivity contribution in [2.75, 3.05) is 19.9 Å². The fraction of sp³-hybridized carbons (Fsp3) is 0.550. The van der Waals surface area contributed by atoms with E-state index in [-0.39, 0.29) is 18.7 Å². The molecule has 3 rings (SSSR count). The molecule has 1 amide bonds. The Hall–Kier alpha value is -2.01. The summed E-state index contributed by atoms with van der Waals surface area (Å²) < 4.78 is 10.7. The normalized spacial score (nSPS) is 20.3. The summed E-state index contributed by atoms with van der Waals surface area (Å²) in [5, 5.41) is 3.18. The number of carbonyl (C=O) groups is 1. The van der Waals surface area contributed by atoms with Crippen LogP contribution in [0.25, 0.3) is 6.08 Å². The van der Waals surface area contributed by atoms with Gasteiger partial charge in [0.2, 0.25) is 12.7 Å². The van der Waals surface area contributed by atoms with Gasteiger partial charge in [0.15, 0.2) is 11.5 Å². The monoisotopic (exact) mass is 344 g/mol. The highest BCUT2D eigenvalue weighted by Crippen LogP contribution is 2.33. The lowest BCUT2D eigenvalue weighted by Crippen LogP contribution is -2.39. The van der Waals surface area contributed by atoms with Gasteiger partial charge in [-0.2, -0.15) is 0 Å². The third-order valence-electron chi connectivity index (χ3n) is 5.15. The molecule has 1 atom stereocenters. The first-order valence-corrected chi connectivity index (χ1v) is 9.23. The molecule has 1 unspecified atom stereocenters. The van der Waals surface area contributed by atoms with Gasteiger partial charge in [-0.15, -0.1) is 0 Å². The van der Waals surface area contributed by atoms with E-state index >= 15 is 0 Å². The molecule has 1 aromatic carbocycles. The third-order valence-corrected chi connectivity index (χ3v) is 5.15. The molecular weight excluding hydrogens is 316 g/mol. The lowest BCUT2D eigenvalue weighted by atomic mass is 10.1. The van der Waals surface area contributed by atoms with E-state index in [0.29, 0.717) is 11.6 Å². The number of amides is 1. The highest BCUT2D eigenvalue weighted by atomic mass is 16.7. The van der Waals surface area contributed by atoms with E-state index in [0.717, 1.165) is 36.6 Å². The van der Waals surface area contributed by atoms with Gasteiger partial charge >= 0.3 is 0 Å². The molecule has 1 saturated heterocycles. The number of hydrogen-bond donors (Lipinski definition) is 1. The van der Waals surface area contributed by atoms with Crippen molar-refractivity contribution >= 4 is 12.0 Å². The molecular formula is C20H28N2O3. The van der Waals surface area contributed by atoms with Crippen molar-refractivity contribution in [2.24, 2.45) is 0 Å². The Morgan fingerprint density at radius 1 is 1.32 bits per heavy atom. The van der Waals surface area contributed by atoms with Crippen LogP contribution in [0.5, 0.6) is 11.5 Å². The molecule has 0 spiro atoms. The first-order chi connectivity index (χ1) is 12.1. The summed E-state index contributed by atoms with van der Waals surface area (Å²) >= 11 is 0. The number of hydrogen-bond acceptors (Lipinski definition) is 4. The molecule has 136 valence electrons. The Bertz CT molecular complexity index is 652. The van der Waals surface area contributed by atoms with Crippen LogP contribution in [0.3, 0.4) is 0 Å². The first kappa shape index (κ1) is 17.8. The minimum Gasteiger partial charge on any atom is -0.454 e. The van der Waals surface area contributed by atoms with Crippen LogP contribution in [-0.4, -0.2) is 42.8 Å². The molecule has 0 aliphatic carbocycles. The number of nitrogens with one attached hydrogen (secondary N) is 1. The van der Waals surface area contributed by atoms with Crippen molar-refractivity contribution in [2.45, 2.75) is 52.1 Å². The maximum atomic E-state index is 12.5. The topological polar surface area (TPSA) is 50.8 Å². The zero-order chi connectivity index (χ0) is 17.8. The Balaban J connectivity index is 1.58. The Labute approximate surface area is 150 Å². The number of fused-ring (bicyclic) bond motifs is 1. The lowest BCUT2D eigenvalue weighted by Gasteiger charge is -2.25. The zero-order valence-corrected chi connectivity index (χ0v) is 15.4. The largest absolute Gasteiger partial charge is 0.454 e. The first-order valence-electron chi connectivity index (χ1n) is 9.23. The summed E-state index contributed by atoms with van der Waals surface area (Å²) in [5.74, 6) is 1.50. The van der Waals surface area contributed by atoms with Gasteiger partial charge < -0.3 is 14.8 Å². The van der Waals surface area contributed by atoms with Crippen molar-refractivity contribution in [1.29, 1.82) is 0 Å². The van der Waals surface area contributed by atoms with Crippen LogP contribution in [0.15, 0.2) is 23.8 Å². The summed E-state index contributed by atoms with van der Waals surface area (Å²) in [6, 6.07) is 6.60. The molecule has 0 radical (unpaired) electrons.